The first-order chi connectivity index (χ1) is 10.2. The fraction of sp³-hybridized carbons (Fsp3) is 0.562. The van der Waals surface area contributed by atoms with Gasteiger partial charge in [0, 0.05) is 32.2 Å². The molecule has 0 amide bonds. The van der Waals surface area contributed by atoms with Crippen molar-refractivity contribution in [3.05, 3.63) is 30.1 Å². The van der Waals surface area contributed by atoms with Gasteiger partial charge in [0.15, 0.2) is 0 Å². The molecule has 0 radical (unpaired) electrons. The zero-order chi connectivity index (χ0) is 14.7. The van der Waals surface area contributed by atoms with E-state index in [0.29, 0.717) is 6.54 Å². The second-order valence-corrected chi connectivity index (χ2v) is 5.95. The van der Waals surface area contributed by atoms with Crippen molar-refractivity contribution in [1.82, 2.24) is 14.9 Å². The number of rotatable bonds is 5. The van der Waals surface area contributed by atoms with E-state index in [9.17, 15) is 5.11 Å². The molecule has 2 heterocycles. The number of fused-ring (bicyclic) bond motifs is 1. The minimum atomic E-state index is -0.0389. The lowest BCUT2D eigenvalue weighted by Crippen LogP contribution is -2.41. The Labute approximate surface area is 124 Å². The van der Waals surface area contributed by atoms with Crippen molar-refractivity contribution in [1.29, 1.82) is 0 Å². The molecule has 5 heteroatoms. The number of para-hydroxylation sites is 2. The minimum Gasteiger partial charge on any atom is -0.396 e. The molecule has 114 valence electrons. The van der Waals surface area contributed by atoms with Gasteiger partial charge >= 0.3 is 0 Å². The van der Waals surface area contributed by atoms with Gasteiger partial charge in [-0.25, -0.2) is 4.98 Å². The van der Waals surface area contributed by atoms with Crippen molar-refractivity contribution in [2.45, 2.75) is 19.4 Å². The van der Waals surface area contributed by atoms with Crippen LogP contribution in [-0.2, 0) is 18.3 Å². The molecule has 1 aromatic carbocycles. The average Bonchev–Trinajstić information content (AvgIpc) is 2.85. The molecule has 1 aliphatic rings. The fourth-order valence-corrected chi connectivity index (χ4v) is 2.99. The molecular weight excluding hydrogens is 266 g/mol. The number of benzene rings is 1. The number of aliphatic hydroxyl groups excluding tert-OH is 1. The third kappa shape index (κ3) is 2.95. The molecule has 0 saturated carbocycles. The fourth-order valence-electron chi connectivity index (χ4n) is 2.99. The molecule has 2 aromatic rings. The third-order valence-corrected chi connectivity index (χ3v) is 4.55. The highest BCUT2D eigenvalue weighted by molar-refractivity contribution is 5.75. The highest BCUT2D eigenvalue weighted by Gasteiger charge is 2.31. The number of nitrogens with one attached hydrogen (secondary N) is 1. The maximum absolute atomic E-state index is 9.69. The summed E-state index contributed by atoms with van der Waals surface area (Å²) in [5.74, 6) is 1.02. The molecular formula is C16H23N3O2. The normalized spacial score (nSPS) is 18.2. The van der Waals surface area contributed by atoms with E-state index in [2.05, 4.69) is 20.9 Å². The van der Waals surface area contributed by atoms with E-state index in [0.717, 1.165) is 49.5 Å². The Morgan fingerprint density at radius 2 is 2.10 bits per heavy atom. The van der Waals surface area contributed by atoms with Gasteiger partial charge < -0.3 is 19.7 Å². The molecule has 0 spiro atoms. The number of nitrogens with zero attached hydrogens (tertiary/aromatic N) is 2. The number of ether oxygens (including phenoxy) is 1. The molecule has 5 nitrogen and oxygen atoms in total. The van der Waals surface area contributed by atoms with E-state index in [1.54, 1.807) is 0 Å². The summed E-state index contributed by atoms with van der Waals surface area (Å²) in [6, 6.07) is 8.16. The van der Waals surface area contributed by atoms with E-state index in [1.807, 2.05) is 25.2 Å². The van der Waals surface area contributed by atoms with Crippen LogP contribution in [0.3, 0.4) is 0 Å². The summed E-state index contributed by atoms with van der Waals surface area (Å²) < 4.78 is 7.52. The van der Waals surface area contributed by atoms with Crippen molar-refractivity contribution >= 4 is 11.0 Å². The number of aryl methyl sites for hydroxylation is 1. The topological polar surface area (TPSA) is 59.3 Å². The van der Waals surface area contributed by atoms with Crippen LogP contribution in [0.5, 0.6) is 0 Å². The monoisotopic (exact) mass is 289 g/mol. The van der Waals surface area contributed by atoms with Gasteiger partial charge in [-0.3, -0.25) is 0 Å². The Morgan fingerprint density at radius 3 is 2.81 bits per heavy atom. The Balaban J connectivity index is 1.65. The standard InChI is InChI=1S/C16H23N3O2/c1-19-14-5-3-2-4-13(14)18-15(19)10-17-11-16(12-20)6-8-21-9-7-16/h2-5,17,20H,6-12H2,1H3. The van der Waals surface area contributed by atoms with Crippen LogP contribution in [0.2, 0.25) is 0 Å². The molecule has 3 rings (SSSR count). The van der Waals surface area contributed by atoms with Crippen LogP contribution in [-0.4, -0.2) is 41.0 Å². The Morgan fingerprint density at radius 1 is 1.33 bits per heavy atom. The van der Waals surface area contributed by atoms with E-state index < -0.39 is 0 Å². The predicted molar refractivity (Wildman–Crippen MR) is 82.0 cm³/mol. The first-order valence-electron chi connectivity index (χ1n) is 7.54. The molecule has 0 unspecified atom stereocenters. The Hall–Kier alpha value is -1.43. The molecule has 0 atom stereocenters. The van der Waals surface area contributed by atoms with Crippen LogP contribution in [0.15, 0.2) is 24.3 Å². The molecule has 0 aliphatic carbocycles. The van der Waals surface area contributed by atoms with Crippen LogP contribution in [0, 0.1) is 5.41 Å². The van der Waals surface area contributed by atoms with Crippen LogP contribution < -0.4 is 5.32 Å². The maximum Gasteiger partial charge on any atom is 0.123 e. The number of aliphatic hydroxyl groups is 1. The average molecular weight is 289 g/mol. The maximum atomic E-state index is 9.69. The lowest BCUT2D eigenvalue weighted by Gasteiger charge is -2.35. The van der Waals surface area contributed by atoms with Crippen molar-refractivity contribution < 1.29 is 9.84 Å². The zero-order valence-electron chi connectivity index (χ0n) is 12.5. The van der Waals surface area contributed by atoms with E-state index in [4.69, 9.17) is 4.74 Å². The van der Waals surface area contributed by atoms with Gasteiger partial charge in [0.2, 0.25) is 0 Å². The highest BCUT2D eigenvalue weighted by Crippen LogP contribution is 2.29. The van der Waals surface area contributed by atoms with Gasteiger partial charge in [-0.1, -0.05) is 12.1 Å². The summed E-state index contributed by atoms with van der Waals surface area (Å²) in [5.41, 5.74) is 2.14. The molecule has 1 saturated heterocycles. The van der Waals surface area contributed by atoms with Gasteiger partial charge in [0.25, 0.3) is 0 Å². The van der Waals surface area contributed by atoms with Crippen molar-refractivity contribution in [3.63, 3.8) is 0 Å². The van der Waals surface area contributed by atoms with Gasteiger partial charge in [0.1, 0.15) is 5.82 Å². The number of aromatic nitrogens is 2. The van der Waals surface area contributed by atoms with Crippen LogP contribution in [0.4, 0.5) is 0 Å². The largest absolute Gasteiger partial charge is 0.396 e. The number of hydrogen-bond donors (Lipinski definition) is 2. The molecule has 1 aromatic heterocycles. The van der Waals surface area contributed by atoms with E-state index in [1.165, 1.54) is 0 Å². The summed E-state index contributed by atoms with van der Waals surface area (Å²) in [5, 5.41) is 13.2. The molecule has 1 aliphatic heterocycles. The smallest absolute Gasteiger partial charge is 0.123 e. The van der Waals surface area contributed by atoms with Crippen molar-refractivity contribution in [2.24, 2.45) is 12.5 Å². The molecule has 1 fully saturated rings. The second kappa shape index (κ2) is 6.13. The summed E-state index contributed by atoms with van der Waals surface area (Å²) in [6.45, 7) is 3.22. The van der Waals surface area contributed by atoms with Gasteiger partial charge in [-0.05, 0) is 25.0 Å². The first kappa shape index (κ1) is 14.5. The zero-order valence-corrected chi connectivity index (χ0v) is 12.5. The van der Waals surface area contributed by atoms with Crippen molar-refractivity contribution in [2.75, 3.05) is 26.4 Å². The Kier molecular flexibility index (Phi) is 4.24. The lowest BCUT2D eigenvalue weighted by molar-refractivity contribution is -0.0155. The van der Waals surface area contributed by atoms with Crippen molar-refractivity contribution in [3.8, 4) is 0 Å². The molecule has 2 N–H and O–H groups in total. The molecule has 21 heavy (non-hydrogen) atoms. The minimum absolute atomic E-state index is 0.0389. The summed E-state index contributed by atoms with van der Waals surface area (Å²) in [6.07, 6.45) is 1.83. The summed E-state index contributed by atoms with van der Waals surface area (Å²) in [4.78, 5) is 4.66. The van der Waals surface area contributed by atoms with Gasteiger partial charge in [-0.2, -0.15) is 0 Å². The Bertz CT molecular complexity index is 603. The van der Waals surface area contributed by atoms with Crippen LogP contribution >= 0.6 is 0 Å². The quantitative estimate of drug-likeness (QED) is 0.875. The van der Waals surface area contributed by atoms with E-state index in [-0.39, 0.29) is 12.0 Å². The predicted octanol–water partition coefficient (Wildman–Crippen LogP) is 1.45. The van der Waals surface area contributed by atoms with Crippen LogP contribution in [0.1, 0.15) is 18.7 Å². The number of hydrogen-bond acceptors (Lipinski definition) is 4. The number of imidazole rings is 1. The highest BCUT2D eigenvalue weighted by atomic mass is 16.5. The van der Waals surface area contributed by atoms with E-state index >= 15 is 0 Å². The molecule has 0 bridgehead atoms. The second-order valence-electron chi connectivity index (χ2n) is 5.95. The SMILES string of the molecule is Cn1c(CNCC2(CO)CCOCC2)nc2ccccc21. The lowest BCUT2D eigenvalue weighted by atomic mass is 9.81. The summed E-state index contributed by atoms with van der Waals surface area (Å²) in [7, 11) is 2.04. The van der Waals surface area contributed by atoms with Crippen LogP contribution in [0.25, 0.3) is 11.0 Å². The van der Waals surface area contributed by atoms with Gasteiger partial charge in [-0.15, -0.1) is 0 Å². The summed E-state index contributed by atoms with van der Waals surface area (Å²) >= 11 is 0. The van der Waals surface area contributed by atoms with Gasteiger partial charge in [0.05, 0.1) is 24.2 Å². The first-order valence-corrected chi connectivity index (χ1v) is 7.54. The third-order valence-electron chi connectivity index (χ3n) is 4.55.